The molecule has 1 aromatic heterocycles. The summed E-state index contributed by atoms with van der Waals surface area (Å²) in [5.41, 5.74) is 1.23. The highest BCUT2D eigenvalue weighted by Crippen LogP contribution is 2.38. The van der Waals surface area contributed by atoms with Crippen LogP contribution in [0.5, 0.6) is 11.5 Å². The summed E-state index contributed by atoms with van der Waals surface area (Å²) in [4.78, 5) is 37.6. The summed E-state index contributed by atoms with van der Waals surface area (Å²) in [6.45, 7) is 0.850. The number of ether oxygens (including phenoxy) is 2. The van der Waals surface area contributed by atoms with Crippen molar-refractivity contribution < 1.29 is 19.1 Å². The van der Waals surface area contributed by atoms with E-state index < -0.39 is 11.9 Å². The Hall–Kier alpha value is -3.65. The molecule has 1 atom stereocenters. The minimum atomic E-state index is -0.971. The molecule has 5 rings (SSSR count). The van der Waals surface area contributed by atoms with E-state index in [9.17, 15) is 9.59 Å². The van der Waals surface area contributed by atoms with Crippen molar-refractivity contribution in [2.75, 3.05) is 18.1 Å². The van der Waals surface area contributed by atoms with E-state index >= 15 is 0 Å². The van der Waals surface area contributed by atoms with Crippen LogP contribution in [0, 0.1) is 0 Å². The molecule has 8 nitrogen and oxygen atoms in total. The maximum absolute atomic E-state index is 13.9. The molecule has 1 aliphatic heterocycles. The number of amides is 2. The van der Waals surface area contributed by atoms with Gasteiger partial charge in [0.15, 0.2) is 11.5 Å². The van der Waals surface area contributed by atoms with Gasteiger partial charge in [0.25, 0.3) is 5.91 Å². The molecule has 9 heteroatoms. The van der Waals surface area contributed by atoms with Crippen LogP contribution in [0.25, 0.3) is 0 Å². The molecule has 3 aromatic rings. The number of halogens is 1. The Morgan fingerprint density at radius 3 is 2.44 bits per heavy atom. The van der Waals surface area contributed by atoms with E-state index in [2.05, 4.69) is 15.3 Å². The highest BCUT2D eigenvalue weighted by molar-refractivity contribution is 6.30. The zero-order valence-corrected chi connectivity index (χ0v) is 20.5. The SMILES string of the molecule is O=C(NC1CCCCC1)C(c1ccc(Cl)cc1)N(C(=O)c1cnccn1)c1ccc2c(c1)OCCO2. The molecule has 1 saturated carbocycles. The minimum absolute atomic E-state index is 0.0646. The molecule has 0 radical (unpaired) electrons. The van der Waals surface area contributed by atoms with Crippen molar-refractivity contribution in [1.82, 2.24) is 15.3 Å². The van der Waals surface area contributed by atoms with Gasteiger partial charge in [0.1, 0.15) is 24.9 Å². The maximum Gasteiger partial charge on any atom is 0.279 e. The first-order chi connectivity index (χ1) is 17.6. The zero-order chi connectivity index (χ0) is 24.9. The predicted octanol–water partition coefficient (Wildman–Crippen LogP) is 4.74. The average molecular weight is 507 g/mol. The van der Waals surface area contributed by atoms with Crippen LogP contribution in [0.3, 0.4) is 0 Å². The van der Waals surface area contributed by atoms with Crippen molar-refractivity contribution in [2.24, 2.45) is 0 Å². The van der Waals surface area contributed by atoms with E-state index in [0.29, 0.717) is 41.0 Å². The lowest BCUT2D eigenvalue weighted by molar-refractivity contribution is -0.123. The highest BCUT2D eigenvalue weighted by Gasteiger charge is 2.36. The molecule has 186 valence electrons. The molecule has 36 heavy (non-hydrogen) atoms. The van der Waals surface area contributed by atoms with Gasteiger partial charge in [-0.2, -0.15) is 0 Å². The van der Waals surface area contributed by atoms with Crippen molar-refractivity contribution in [2.45, 2.75) is 44.2 Å². The van der Waals surface area contributed by atoms with Crippen LogP contribution in [-0.4, -0.2) is 41.0 Å². The molecule has 2 aromatic carbocycles. The normalized spacial score (nSPS) is 16.1. The molecular weight excluding hydrogens is 480 g/mol. The third-order valence-corrected chi connectivity index (χ3v) is 6.70. The molecule has 0 spiro atoms. The number of carbonyl (C=O) groups excluding carboxylic acids is 2. The first-order valence-electron chi connectivity index (χ1n) is 12.2. The van der Waals surface area contributed by atoms with Crippen LogP contribution < -0.4 is 19.7 Å². The van der Waals surface area contributed by atoms with Gasteiger partial charge in [0, 0.05) is 35.2 Å². The summed E-state index contributed by atoms with van der Waals surface area (Å²) in [7, 11) is 0. The number of benzene rings is 2. The lowest BCUT2D eigenvalue weighted by atomic mass is 9.94. The van der Waals surface area contributed by atoms with E-state index in [1.807, 2.05) is 0 Å². The number of hydrogen-bond donors (Lipinski definition) is 1. The molecule has 0 bridgehead atoms. The summed E-state index contributed by atoms with van der Waals surface area (Å²) >= 11 is 6.16. The van der Waals surface area contributed by atoms with Gasteiger partial charge in [-0.25, -0.2) is 4.98 Å². The van der Waals surface area contributed by atoms with E-state index in [4.69, 9.17) is 21.1 Å². The second-order valence-corrected chi connectivity index (χ2v) is 9.33. The molecule has 1 fully saturated rings. The number of carbonyl (C=O) groups is 2. The molecule has 2 amide bonds. The fourth-order valence-electron chi connectivity index (χ4n) is 4.69. The van der Waals surface area contributed by atoms with Crippen LogP contribution in [0.4, 0.5) is 5.69 Å². The molecule has 0 saturated heterocycles. The Labute approximate surface area is 214 Å². The Kier molecular flexibility index (Phi) is 7.32. The van der Waals surface area contributed by atoms with Crippen molar-refractivity contribution in [3.05, 3.63) is 77.3 Å². The van der Waals surface area contributed by atoms with Crippen molar-refractivity contribution in [3.63, 3.8) is 0 Å². The molecule has 2 heterocycles. The Bertz CT molecular complexity index is 1220. The lowest BCUT2D eigenvalue weighted by Crippen LogP contribution is -2.47. The molecule has 2 aliphatic rings. The van der Waals surface area contributed by atoms with Gasteiger partial charge in [-0.05, 0) is 42.7 Å². The largest absolute Gasteiger partial charge is 0.486 e. The van der Waals surface area contributed by atoms with Crippen molar-refractivity contribution in [1.29, 1.82) is 0 Å². The number of rotatable bonds is 6. The highest BCUT2D eigenvalue weighted by atomic mass is 35.5. The van der Waals surface area contributed by atoms with Crippen LogP contribution in [0.1, 0.15) is 54.2 Å². The maximum atomic E-state index is 13.9. The van der Waals surface area contributed by atoms with Crippen LogP contribution in [0.2, 0.25) is 5.02 Å². The molecular formula is C27H27ClN4O4. The van der Waals surface area contributed by atoms with Gasteiger partial charge in [-0.3, -0.25) is 19.5 Å². The lowest BCUT2D eigenvalue weighted by Gasteiger charge is -2.33. The topological polar surface area (TPSA) is 93.7 Å². The fraction of sp³-hybridized carbons (Fsp3) is 0.333. The number of nitrogens with zero attached hydrogens (tertiary/aromatic N) is 3. The van der Waals surface area contributed by atoms with Gasteiger partial charge in [-0.1, -0.05) is 43.0 Å². The third-order valence-electron chi connectivity index (χ3n) is 6.45. The van der Waals surface area contributed by atoms with E-state index in [1.54, 1.807) is 42.5 Å². The number of anilines is 1. The average Bonchev–Trinajstić information content (AvgIpc) is 2.93. The van der Waals surface area contributed by atoms with Gasteiger partial charge >= 0.3 is 0 Å². The summed E-state index contributed by atoms with van der Waals surface area (Å²) in [5.74, 6) is 0.375. The Balaban J connectivity index is 1.60. The third kappa shape index (κ3) is 5.28. The van der Waals surface area contributed by atoms with Crippen LogP contribution in [0.15, 0.2) is 61.1 Å². The van der Waals surface area contributed by atoms with Gasteiger partial charge in [0.05, 0.1) is 6.20 Å². The number of nitrogens with one attached hydrogen (secondary N) is 1. The summed E-state index contributed by atoms with van der Waals surface area (Å²) in [6.07, 6.45) is 9.49. The monoisotopic (exact) mass is 506 g/mol. The summed E-state index contributed by atoms with van der Waals surface area (Å²) in [5, 5.41) is 3.73. The smallest absolute Gasteiger partial charge is 0.279 e. The van der Waals surface area contributed by atoms with Gasteiger partial charge in [0.2, 0.25) is 5.91 Å². The number of fused-ring (bicyclic) bond motifs is 1. The predicted molar refractivity (Wildman–Crippen MR) is 135 cm³/mol. The van der Waals surface area contributed by atoms with Crippen molar-refractivity contribution in [3.8, 4) is 11.5 Å². The fourth-order valence-corrected chi connectivity index (χ4v) is 4.81. The molecule has 1 aliphatic carbocycles. The van der Waals surface area contributed by atoms with E-state index in [-0.39, 0.29) is 17.6 Å². The van der Waals surface area contributed by atoms with Gasteiger partial charge < -0.3 is 14.8 Å². The standard InChI is InChI=1S/C27H27ClN4O4/c28-19-8-6-18(7-9-19)25(26(33)31-20-4-2-1-3-5-20)32(27(34)22-17-29-12-13-30-22)21-10-11-23-24(16-21)36-15-14-35-23/h6-13,16-17,20,25H,1-5,14-15H2,(H,31,33). The summed E-state index contributed by atoms with van der Waals surface area (Å²) < 4.78 is 11.4. The Morgan fingerprint density at radius 1 is 0.972 bits per heavy atom. The second-order valence-electron chi connectivity index (χ2n) is 8.89. The van der Waals surface area contributed by atoms with E-state index in [0.717, 1.165) is 25.7 Å². The molecule has 1 N–H and O–H groups in total. The minimum Gasteiger partial charge on any atom is -0.486 e. The van der Waals surface area contributed by atoms with Gasteiger partial charge in [-0.15, -0.1) is 0 Å². The van der Waals surface area contributed by atoms with E-state index in [1.165, 1.54) is 29.9 Å². The Morgan fingerprint density at radius 2 is 1.72 bits per heavy atom. The first-order valence-corrected chi connectivity index (χ1v) is 12.5. The zero-order valence-electron chi connectivity index (χ0n) is 19.7. The first kappa shape index (κ1) is 24.1. The van der Waals surface area contributed by atoms with Crippen LogP contribution in [-0.2, 0) is 4.79 Å². The summed E-state index contributed by atoms with van der Waals surface area (Å²) in [6, 6.07) is 11.3. The molecule has 1 unspecified atom stereocenters. The number of aromatic nitrogens is 2. The van der Waals surface area contributed by atoms with Crippen molar-refractivity contribution >= 4 is 29.1 Å². The second kappa shape index (κ2) is 11.0. The number of hydrogen-bond acceptors (Lipinski definition) is 6. The quantitative estimate of drug-likeness (QED) is 0.519. The van der Waals surface area contributed by atoms with Crippen LogP contribution >= 0.6 is 11.6 Å².